The maximum Gasteiger partial charge on any atom is 0.235 e. The number of nitrogens with zero attached hydrogens (tertiary/aromatic N) is 4. The summed E-state index contributed by atoms with van der Waals surface area (Å²) in [5, 5.41) is 4.84. The quantitative estimate of drug-likeness (QED) is 0.412. The normalized spacial score (nSPS) is 26.4. The number of fused-ring (bicyclic) bond motifs is 4. The minimum Gasteiger partial charge on any atom is -0.383 e. The van der Waals surface area contributed by atoms with Crippen molar-refractivity contribution in [2.24, 2.45) is 5.92 Å². The lowest BCUT2D eigenvalue weighted by Crippen LogP contribution is -2.27. The van der Waals surface area contributed by atoms with Crippen molar-refractivity contribution in [3.63, 3.8) is 0 Å². The van der Waals surface area contributed by atoms with E-state index in [0.717, 1.165) is 46.1 Å². The number of rotatable bonds is 4. The average molecular weight is 517 g/mol. The van der Waals surface area contributed by atoms with Crippen LogP contribution in [-0.2, 0) is 20.7 Å². The van der Waals surface area contributed by atoms with Gasteiger partial charge in [0.15, 0.2) is 5.79 Å². The van der Waals surface area contributed by atoms with Crippen LogP contribution >= 0.6 is 11.8 Å². The van der Waals surface area contributed by atoms with Gasteiger partial charge in [-0.3, -0.25) is 4.79 Å². The Morgan fingerprint density at radius 1 is 1.19 bits per heavy atom. The number of amides is 1. The molecule has 0 bridgehead atoms. The second-order valence-electron chi connectivity index (χ2n) is 10.6. The monoisotopic (exact) mass is 516 g/mol. The molecule has 4 atom stereocenters. The molecule has 10 heteroatoms. The van der Waals surface area contributed by atoms with Crippen LogP contribution in [0.25, 0.3) is 21.9 Å². The first kappa shape index (κ1) is 22.9. The van der Waals surface area contributed by atoms with Crippen LogP contribution in [0.4, 0.5) is 11.6 Å². The molecule has 0 unspecified atom stereocenters. The zero-order chi connectivity index (χ0) is 25.3. The lowest BCUT2D eigenvalue weighted by atomic mass is 9.95. The maximum atomic E-state index is 11.8. The first-order valence-electron chi connectivity index (χ1n) is 12.6. The highest BCUT2D eigenvalue weighted by molar-refractivity contribution is 8.00. The predicted octanol–water partition coefficient (Wildman–Crippen LogP) is 4.32. The summed E-state index contributed by atoms with van der Waals surface area (Å²) in [6, 6.07) is 10.6. The fourth-order valence-corrected chi connectivity index (χ4v) is 6.88. The Balaban J connectivity index is 1.14. The third kappa shape index (κ3) is 3.94. The van der Waals surface area contributed by atoms with Gasteiger partial charge in [-0.05, 0) is 62.8 Å². The van der Waals surface area contributed by atoms with E-state index < -0.39 is 5.79 Å². The molecule has 3 N–H and O–H groups in total. The van der Waals surface area contributed by atoms with Gasteiger partial charge in [0.1, 0.15) is 29.7 Å². The average Bonchev–Trinajstić information content (AvgIpc) is 3.53. The number of aryl methyl sites for hydroxylation is 1. The van der Waals surface area contributed by atoms with Crippen molar-refractivity contribution in [3.05, 3.63) is 48.4 Å². The van der Waals surface area contributed by atoms with Crippen molar-refractivity contribution in [3.8, 4) is 0 Å². The van der Waals surface area contributed by atoms with E-state index in [0.29, 0.717) is 23.3 Å². The van der Waals surface area contributed by atoms with Gasteiger partial charge >= 0.3 is 0 Å². The molecule has 9 nitrogen and oxygen atoms in total. The summed E-state index contributed by atoms with van der Waals surface area (Å²) in [6.07, 6.45) is 6.32. The molecular weight excluding hydrogens is 488 g/mol. The van der Waals surface area contributed by atoms with Gasteiger partial charge in [-0.1, -0.05) is 12.1 Å². The summed E-state index contributed by atoms with van der Waals surface area (Å²) < 4.78 is 15.0. The van der Waals surface area contributed by atoms with Crippen molar-refractivity contribution in [2.45, 2.75) is 62.0 Å². The Morgan fingerprint density at radius 3 is 2.95 bits per heavy atom. The van der Waals surface area contributed by atoms with Crippen LogP contribution in [0.5, 0.6) is 0 Å². The molecular formula is C27H28N6O3S. The smallest absolute Gasteiger partial charge is 0.235 e. The number of hydrogen-bond acceptors (Lipinski definition) is 8. The van der Waals surface area contributed by atoms with Gasteiger partial charge in [-0.15, -0.1) is 11.8 Å². The SMILES string of the molecule is CC1(C)O[C@@H]2[C@@H](CCc3ccc4cc5c(nc4c3)NC(=O)CS5)C[C@@H](n3ccc4c(N)ncnc43)[C@@H]2O1. The van der Waals surface area contributed by atoms with E-state index in [-0.39, 0.29) is 24.2 Å². The maximum absolute atomic E-state index is 11.8. The molecule has 2 aliphatic heterocycles. The van der Waals surface area contributed by atoms with Crippen LogP contribution in [0.1, 0.15) is 38.3 Å². The first-order valence-corrected chi connectivity index (χ1v) is 13.6. The molecule has 1 saturated carbocycles. The van der Waals surface area contributed by atoms with Gasteiger partial charge in [0.25, 0.3) is 0 Å². The van der Waals surface area contributed by atoms with Gasteiger partial charge in [0.05, 0.1) is 33.7 Å². The number of aromatic nitrogens is 4. The molecule has 1 aliphatic carbocycles. The summed E-state index contributed by atoms with van der Waals surface area (Å²) in [4.78, 5) is 26.2. The van der Waals surface area contributed by atoms with Crippen molar-refractivity contribution >= 4 is 51.2 Å². The van der Waals surface area contributed by atoms with Crippen molar-refractivity contribution in [2.75, 3.05) is 16.8 Å². The lowest BCUT2D eigenvalue weighted by molar-refractivity contribution is -0.160. The van der Waals surface area contributed by atoms with E-state index >= 15 is 0 Å². The molecule has 0 spiro atoms. The van der Waals surface area contributed by atoms with E-state index in [1.54, 1.807) is 0 Å². The number of carbonyl (C=O) groups is 1. The lowest BCUT2D eigenvalue weighted by Gasteiger charge is -2.24. The number of benzene rings is 1. The summed E-state index contributed by atoms with van der Waals surface area (Å²) >= 11 is 1.53. The van der Waals surface area contributed by atoms with Crippen LogP contribution in [0.15, 0.2) is 47.8 Å². The van der Waals surface area contributed by atoms with E-state index in [1.807, 2.05) is 26.1 Å². The third-order valence-corrected chi connectivity index (χ3v) is 8.75. The molecule has 37 heavy (non-hydrogen) atoms. The Morgan fingerprint density at radius 2 is 2.05 bits per heavy atom. The van der Waals surface area contributed by atoms with Crippen molar-refractivity contribution in [1.82, 2.24) is 19.5 Å². The van der Waals surface area contributed by atoms with Crippen LogP contribution in [0.2, 0.25) is 0 Å². The number of nitrogens with two attached hydrogens (primary N) is 1. The second kappa shape index (κ2) is 8.41. The van der Waals surface area contributed by atoms with Gasteiger partial charge in [0.2, 0.25) is 5.91 Å². The van der Waals surface area contributed by atoms with Crippen molar-refractivity contribution in [1.29, 1.82) is 0 Å². The van der Waals surface area contributed by atoms with E-state index in [9.17, 15) is 4.79 Å². The number of nitrogen functional groups attached to an aromatic ring is 1. The number of thioether (sulfide) groups is 1. The molecule has 4 aromatic rings. The number of carbonyl (C=O) groups excluding carboxylic acids is 1. The number of hydrogen-bond donors (Lipinski definition) is 2. The molecule has 2 fully saturated rings. The fourth-order valence-electron chi connectivity index (χ4n) is 6.08. The number of nitrogens with one attached hydrogen (secondary N) is 1. The highest BCUT2D eigenvalue weighted by Gasteiger charge is 2.54. The summed E-state index contributed by atoms with van der Waals surface area (Å²) in [6.45, 7) is 3.97. The van der Waals surface area contributed by atoms with E-state index in [4.69, 9.17) is 20.2 Å². The topological polar surface area (TPSA) is 117 Å². The Hall–Kier alpha value is -3.21. The Kier molecular flexibility index (Phi) is 5.21. The Labute approximate surface area is 218 Å². The van der Waals surface area contributed by atoms with Crippen LogP contribution < -0.4 is 11.1 Å². The van der Waals surface area contributed by atoms with E-state index in [1.165, 1.54) is 23.7 Å². The molecule has 0 radical (unpaired) electrons. The molecule has 7 rings (SSSR count). The highest BCUT2D eigenvalue weighted by Crippen LogP contribution is 2.49. The Bertz CT molecular complexity index is 1550. The second-order valence-corrected chi connectivity index (χ2v) is 11.6. The van der Waals surface area contributed by atoms with Gasteiger partial charge in [-0.25, -0.2) is 15.0 Å². The van der Waals surface area contributed by atoms with Crippen LogP contribution in [0, 0.1) is 5.92 Å². The minimum atomic E-state index is -0.627. The molecule has 3 aliphatic rings. The van der Waals surface area contributed by atoms with E-state index in [2.05, 4.69) is 44.1 Å². The zero-order valence-electron chi connectivity index (χ0n) is 20.7. The molecule has 1 amide bonds. The number of pyridine rings is 1. The summed E-state index contributed by atoms with van der Waals surface area (Å²) in [5.74, 6) is 1.29. The molecule has 5 heterocycles. The fraction of sp³-hybridized carbons (Fsp3) is 0.407. The summed E-state index contributed by atoms with van der Waals surface area (Å²) in [7, 11) is 0. The number of anilines is 2. The summed E-state index contributed by atoms with van der Waals surface area (Å²) in [5.41, 5.74) is 9.05. The van der Waals surface area contributed by atoms with Gasteiger partial charge in [0, 0.05) is 11.6 Å². The first-order chi connectivity index (χ1) is 17.8. The highest BCUT2D eigenvalue weighted by atomic mass is 32.2. The van der Waals surface area contributed by atoms with Crippen LogP contribution in [-0.4, -0.2) is 49.2 Å². The molecule has 1 saturated heterocycles. The standard InChI is InChI=1S/C27H28N6O3S/c1-27(2)35-22-16(10-19(23(22)36-27)33-8-7-17-24(28)29-13-30-26(17)33)6-4-14-3-5-15-11-20-25(31-18(15)9-14)32-21(34)12-37-20/h3,5,7-9,11,13,16,19,22-23H,4,6,10,12H2,1-2H3,(H2,28,29,30)(H,31,32,34)/t16-,19+,22+,23-/m0/s1. The van der Waals surface area contributed by atoms with Crippen LogP contribution in [0.3, 0.4) is 0 Å². The third-order valence-electron chi connectivity index (χ3n) is 7.72. The predicted molar refractivity (Wildman–Crippen MR) is 142 cm³/mol. The van der Waals surface area contributed by atoms with Crippen molar-refractivity contribution < 1.29 is 14.3 Å². The molecule has 3 aromatic heterocycles. The zero-order valence-corrected chi connectivity index (χ0v) is 21.5. The van der Waals surface area contributed by atoms with Gasteiger partial charge < -0.3 is 25.1 Å². The molecule has 190 valence electrons. The number of ether oxygens (including phenoxy) is 2. The largest absolute Gasteiger partial charge is 0.383 e. The molecule has 1 aromatic carbocycles. The van der Waals surface area contributed by atoms with Gasteiger partial charge in [-0.2, -0.15) is 0 Å². The minimum absolute atomic E-state index is 0.00262.